The molecule has 0 aliphatic rings. The minimum atomic E-state index is 0.625. The van der Waals surface area contributed by atoms with Gasteiger partial charge in [-0.15, -0.1) is 5.14 Å². The van der Waals surface area contributed by atoms with Crippen LogP contribution in [0.5, 0.6) is 0 Å². The molecule has 0 aliphatic heterocycles. The van der Waals surface area contributed by atoms with Crippen LogP contribution in [0.15, 0.2) is 0 Å². The molecule has 0 rings (SSSR count). The highest BCUT2D eigenvalue weighted by molar-refractivity contribution is 6.02. The molecule has 0 fully saturated rings. The Morgan fingerprint density at radius 3 is 2.20 bits per heavy atom. The Hall–Kier alpha value is -0.0551. The summed E-state index contributed by atoms with van der Waals surface area (Å²) in [7, 11) is 2.76. The van der Waals surface area contributed by atoms with Gasteiger partial charge in [-0.2, -0.15) is 0 Å². The van der Waals surface area contributed by atoms with Gasteiger partial charge in [0.25, 0.3) is 7.98 Å². The second-order valence-electron chi connectivity index (χ2n) is 0.647. The highest BCUT2D eigenvalue weighted by Crippen LogP contribution is 1.61. The van der Waals surface area contributed by atoms with Gasteiger partial charge in [-0.1, -0.05) is 0 Å². The largest absolute Gasteiger partial charge is 0.302 e. The molecule has 0 heterocycles. The molecular weight excluding hydrogens is 68.8 g/mol. The highest BCUT2D eigenvalue weighted by atomic mass is 16.9. The SMILES string of the molecule is BN(O)OC. The van der Waals surface area contributed by atoms with Crippen molar-refractivity contribution in [2.24, 2.45) is 0 Å². The maximum atomic E-state index is 7.97. The van der Waals surface area contributed by atoms with Crippen molar-refractivity contribution in [3.63, 3.8) is 0 Å². The van der Waals surface area contributed by atoms with E-state index in [-0.39, 0.29) is 0 Å². The lowest BCUT2D eigenvalue weighted by molar-refractivity contribution is -0.251. The van der Waals surface area contributed by atoms with Gasteiger partial charge >= 0.3 is 0 Å². The van der Waals surface area contributed by atoms with Crippen molar-refractivity contribution in [3.8, 4) is 0 Å². The van der Waals surface area contributed by atoms with E-state index in [2.05, 4.69) is 4.84 Å². The molecule has 1 N–H and O–H groups in total. The van der Waals surface area contributed by atoms with Gasteiger partial charge in [-0.05, 0) is 0 Å². The third-order valence-corrected chi connectivity index (χ3v) is 0.264. The lowest BCUT2D eigenvalue weighted by Crippen LogP contribution is -2.11. The first-order valence-corrected chi connectivity index (χ1v) is 1.24. The fourth-order valence-corrected chi connectivity index (χ4v) is 0. The van der Waals surface area contributed by atoms with E-state index in [1.54, 1.807) is 0 Å². The molecule has 0 radical (unpaired) electrons. The number of hydrogen-bond acceptors (Lipinski definition) is 3. The van der Waals surface area contributed by atoms with Crippen LogP contribution in [0.25, 0.3) is 0 Å². The fourth-order valence-electron chi connectivity index (χ4n) is 0. The zero-order chi connectivity index (χ0) is 4.28. The van der Waals surface area contributed by atoms with Gasteiger partial charge in [0.15, 0.2) is 0 Å². The Balaban J connectivity index is 2.54. The summed E-state index contributed by atoms with van der Waals surface area (Å²) in [5, 5.41) is 8.60. The van der Waals surface area contributed by atoms with Crippen LogP contribution in [0.3, 0.4) is 0 Å². The van der Waals surface area contributed by atoms with E-state index in [0.717, 1.165) is 0 Å². The van der Waals surface area contributed by atoms with E-state index in [1.165, 1.54) is 15.1 Å². The average molecular weight is 74.9 g/mol. The Morgan fingerprint density at radius 1 is 2.00 bits per heavy atom. The molecule has 4 heteroatoms. The number of hydrogen-bond donors (Lipinski definition) is 1. The molecule has 0 aromatic carbocycles. The maximum absolute atomic E-state index is 7.97. The van der Waals surface area contributed by atoms with Crippen LogP contribution in [0.4, 0.5) is 0 Å². The minimum Gasteiger partial charge on any atom is -0.302 e. The fraction of sp³-hybridized carbons (Fsp3) is 1.00. The average Bonchev–Trinajstić information content (AvgIpc) is 1.38. The Labute approximate surface area is 31.5 Å². The predicted octanol–water partition coefficient (Wildman–Crippen LogP) is -1.21. The van der Waals surface area contributed by atoms with Crippen molar-refractivity contribution in [2.75, 3.05) is 7.11 Å². The summed E-state index contributed by atoms with van der Waals surface area (Å²) in [4.78, 5) is 4.14. The first-order valence-electron chi connectivity index (χ1n) is 1.24. The summed E-state index contributed by atoms with van der Waals surface area (Å²) < 4.78 is 0. The first-order chi connectivity index (χ1) is 2.27. The Bertz CT molecular complexity index is 23.6. The van der Waals surface area contributed by atoms with E-state index >= 15 is 0 Å². The van der Waals surface area contributed by atoms with Gasteiger partial charge in [-0.3, -0.25) is 4.84 Å². The molecule has 0 atom stereocenters. The summed E-state index contributed by atoms with van der Waals surface area (Å²) in [6, 6.07) is 0. The van der Waals surface area contributed by atoms with Crippen molar-refractivity contribution >= 4 is 7.98 Å². The normalized spacial score (nSPS) is 9.40. The molecule has 0 amide bonds. The van der Waals surface area contributed by atoms with Crippen molar-refractivity contribution in [1.29, 1.82) is 0 Å². The van der Waals surface area contributed by atoms with Crippen LogP contribution in [-0.4, -0.2) is 25.4 Å². The van der Waals surface area contributed by atoms with E-state index in [4.69, 9.17) is 5.21 Å². The van der Waals surface area contributed by atoms with Crippen molar-refractivity contribution in [2.45, 2.75) is 0 Å². The summed E-state index contributed by atoms with van der Waals surface area (Å²) >= 11 is 0. The first kappa shape index (κ1) is 4.94. The van der Waals surface area contributed by atoms with Gasteiger partial charge in [0.2, 0.25) is 0 Å². The van der Waals surface area contributed by atoms with Gasteiger partial charge in [0.05, 0.1) is 7.11 Å². The maximum Gasteiger partial charge on any atom is 0.259 e. The van der Waals surface area contributed by atoms with Crippen molar-refractivity contribution in [3.05, 3.63) is 0 Å². The standard InChI is InChI=1S/CH6BNO2/c1-5-3(2)4/h4H,2H2,1H3. The third-order valence-electron chi connectivity index (χ3n) is 0.264. The minimum absolute atomic E-state index is 0.625. The molecule has 0 aromatic heterocycles. The Kier molecular flexibility index (Phi) is 2.17. The highest BCUT2D eigenvalue weighted by Gasteiger charge is 1.74. The number of nitrogens with zero attached hydrogens (tertiary/aromatic N) is 1. The molecule has 0 saturated heterocycles. The molecule has 0 spiro atoms. The quantitative estimate of drug-likeness (QED) is 0.313. The predicted molar refractivity (Wildman–Crippen MR) is 19.2 cm³/mol. The van der Waals surface area contributed by atoms with E-state index < -0.39 is 0 Å². The van der Waals surface area contributed by atoms with Gasteiger partial charge in [0.1, 0.15) is 0 Å². The molecule has 30 valence electrons. The topological polar surface area (TPSA) is 32.7 Å². The molecule has 0 aliphatic carbocycles. The van der Waals surface area contributed by atoms with Crippen LogP contribution >= 0.6 is 0 Å². The van der Waals surface area contributed by atoms with Crippen LogP contribution in [0, 0.1) is 0 Å². The zero-order valence-corrected chi connectivity index (χ0v) is 3.30. The molecule has 0 saturated carbocycles. The third kappa shape index (κ3) is 3.94. The summed E-state index contributed by atoms with van der Waals surface area (Å²) in [6.45, 7) is 0. The molecule has 0 unspecified atom stereocenters. The second-order valence-corrected chi connectivity index (χ2v) is 0.647. The lowest BCUT2D eigenvalue weighted by Gasteiger charge is -1.99. The molecule has 0 aromatic rings. The number of rotatable bonds is 1. The smallest absolute Gasteiger partial charge is 0.259 e. The zero-order valence-electron chi connectivity index (χ0n) is 3.30. The summed E-state index contributed by atoms with van der Waals surface area (Å²) in [5.74, 6) is 0. The van der Waals surface area contributed by atoms with Crippen molar-refractivity contribution in [1.82, 2.24) is 5.14 Å². The molecular formula is CH6BNO2. The van der Waals surface area contributed by atoms with Crippen LogP contribution in [-0.2, 0) is 4.84 Å². The monoisotopic (exact) mass is 75.0 g/mol. The van der Waals surface area contributed by atoms with E-state index in [1.807, 2.05) is 0 Å². The molecule has 5 heavy (non-hydrogen) atoms. The summed E-state index contributed by atoms with van der Waals surface area (Å²) in [6.07, 6.45) is 0. The van der Waals surface area contributed by atoms with Crippen LogP contribution in [0.2, 0.25) is 0 Å². The van der Waals surface area contributed by atoms with Gasteiger partial charge in [-0.25, -0.2) is 0 Å². The molecule has 0 bridgehead atoms. The lowest BCUT2D eigenvalue weighted by atomic mass is 10.5. The van der Waals surface area contributed by atoms with Gasteiger partial charge < -0.3 is 5.21 Å². The van der Waals surface area contributed by atoms with Crippen LogP contribution < -0.4 is 0 Å². The summed E-state index contributed by atoms with van der Waals surface area (Å²) in [5.41, 5.74) is 0. The van der Waals surface area contributed by atoms with E-state index in [9.17, 15) is 0 Å². The van der Waals surface area contributed by atoms with Crippen LogP contribution in [0.1, 0.15) is 0 Å². The van der Waals surface area contributed by atoms with Crippen molar-refractivity contribution < 1.29 is 10.0 Å². The van der Waals surface area contributed by atoms with Gasteiger partial charge in [0, 0.05) is 0 Å². The Morgan fingerprint density at radius 2 is 2.20 bits per heavy atom. The molecule has 3 nitrogen and oxygen atoms in total. The van der Waals surface area contributed by atoms with E-state index in [0.29, 0.717) is 5.14 Å². The second kappa shape index (κ2) is 2.20.